The molecular weight excluding hydrogens is 552 g/mol. The molecule has 40 heavy (non-hydrogen) atoms. The molecule has 3 aromatic rings. The molecule has 0 saturated heterocycles. The number of amides is 1. The van der Waals surface area contributed by atoms with E-state index in [-0.39, 0.29) is 24.3 Å². The molecule has 210 valence electrons. The van der Waals surface area contributed by atoms with Gasteiger partial charge in [0.15, 0.2) is 0 Å². The number of benzene rings is 3. The second-order valence-corrected chi connectivity index (χ2v) is 11.9. The molecule has 1 heterocycles. The normalized spacial score (nSPS) is 17.5. The van der Waals surface area contributed by atoms with E-state index in [1.54, 1.807) is 42.5 Å². The van der Waals surface area contributed by atoms with Crippen LogP contribution < -0.4 is 14.8 Å². The van der Waals surface area contributed by atoms with Crippen LogP contribution in [0.2, 0.25) is 5.02 Å². The van der Waals surface area contributed by atoms with Crippen molar-refractivity contribution < 1.29 is 27.9 Å². The van der Waals surface area contributed by atoms with Crippen LogP contribution >= 0.6 is 11.6 Å². The van der Waals surface area contributed by atoms with Crippen LogP contribution in [0.3, 0.4) is 0 Å². The summed E-state index contributed by atoms with van der Waals surface area (Å²) in [4.78, 5) is 24.6. The van der Waals surface area contributed by atoms with Crippen LogP contribution in [-0.2, 0) is 39.1 Å². The Labute approximate surface area is 239 Å². The average molecular weight is 583 g/mol. The van der Waals surface area contributed by atoms with Gasteiger partial charge in [0, 0.05) is 17.5 Å². The fourth-order valence-corrected chi connectivity index (χ4v) is 5.83. The number of carboxylic acid groups (broad SMARTS) is 1. The number of halogens is 1. The zero-order valence-electron chi connectivity index (χ0n) is 22.0. The third-order valence-corrected chi connectivity index (χ3v) is 8.27. The number of aryl methyl sites for hydroxylation is 1. The number of carboxylic acids is 1. The Hall–Kier alpha value is -3.66. The highest BCUT2D eigenvalue weighted by molar-refractivity contribution is 7.89. The van der Waals surface area contributed by atoms with Crippen molar-refractivity contribution in [2.45, 2.75) is 43.7 Å². The van der Waals surface area contributed by atoms with Crippen molar-refractivity contribution in [3.05, 3.63) is 106 Å². The quantitative estimate of drug-likeness (QED) is 0.304. The number of carbonyl (C=O) groups is 2. The molecule has 10 heteroatoms. The summed E-state index contributed by atoms with van der Waals surface area (Å²) in [5, 5.41) is 12.7. The maximum atomic E-state index is 13.3. The standard InChI is InChI=1S/C30H31ClN2O6S/c1-20-5-12-26(13-6-20)40(37,38)33-29-23(4-2-3-15-32-30(29)36)18-24-16-22(17-28(34)35)9-14-27(24)39-19-21-7-10-25(31)11-8-21/h2,4-14,16,23,29,33H,3,15,17-19H2,1H3,(H,32,36)(H,34,35)/t23?,29-/m0/s1. The summed E-state index contributed by atoms with van der Waals surface area (Å²) in [6.07, 6.45) is 4.39. The van der Waals surface area contributed by atoms with Crippen molar-refractivity contribution in [3.63, 3.8) is 0 Å². The molecule has 1 aliphatic heterocycles. The van der Waals surface area contributed by atoms with Gasteiger partial charge < -0.3 is 15.2 Å². The van der Waals surface area contributed by atoms with Crippen molar-refractivity contribution in [1.29, 1.82) is 0 Å². The van der Waals surface area contributed by atoms with E-state index in [1.165, 1.54) is 12.1 Å². The molecule has 0 radical (unpaired) electrons. The van der Waals surface area contributed by atoms with Crippen LogP contribution in [0.25, 0.3) is 0 Å². The number of aliphatic carboxylic acids is 1. The second kappa shape index (κ2) is 13.1. The largest absolute Gasteiger partial charge is 0.489 e. The first-order valence-corrected chi connectivity index (χ1v) is 14.7. The zero-order chi connectivity index (χ0) is 28.7. The van der Waals surface area contributed by atoms with E-state index in [0.29, 0.717) is 34.9 Å². The molecule has 0 fully saturated rings. The van der Waals surface area contributed by atoms with Gasteiger partial charge in [0.2, 0.25) is 15.9 Å². The SMILES string of the molecule is Cc1ccc(S(=O)(=O)N[C@@H]2C(=O)NCCC=CC2Cc2cc(CC(=O)O)ccc2OCc2ccc(Cl)cc2)cc1. The van der Waals surface area contributed by atoms with Crippen LogP contribution in [0.15, 0.2) is 83.8 Å². The lowest BCUT2D eigenvalue weighted by atomic mass is 9.89. The van der Waals surface area contributed by atoms with E-state index < -0.39 is 33.9 Å². The number of rotatable bonds is 10. The zero-order valence-corrected chi connectivity index (χ0v) is 23.5. The van der Waals surface area contributed by atoms with E-state index in [0.717, 1.165) is 11.1 Å². The Balaban J connectivity index is 1.65. The third-order valence-electron chi connectivity index (χ3n) is 6.56. The van der Waals surface area contributed by atoms with Crippen molar-refractivity contribution >= 4 is 33.5 Å². The molecule has 1 aliphatic rings. The van der Waals surface area contributed by atoms with Crippen LogP contribution in [-0.4, -0.2) is 38.0 Å². The lowest BCUT2D eigenvalue weighted by Crippen LogP contribution is -2.51. The summed E-state index contributed by atoms with van der Waals surface area (Å²) in [6, 6.07) is 17.6. The first-order valence-electron chi connectivity index (χ1n) is 12.8. The molecule has 0 aromatic heterocycles. The average Bonchev–Trinajstić information content (AvgIpc) is 2.90. The Bertz CT molecular complexity index is 1490. The van der Waals surface area contributed by atoms with Crippen LogP contribution in [0.1, 0.15) is 28.7 Å². The van der Waals surface area contributed by atoms with E-state index in [4.69, 9.17) is 16.3 Å². The minimum Gasteiger partial charge on any atom is -0.489 e. The highest BCUT2D eigenvalue weighted by Crippen LogP contribution is 2.28. The van der Waals surface area contributed by atoms with Crippen molar-refractivity contribution in [3.8, 4) is 5.75 Å². The topological polar surface area (TPSA) is 122 Å². The molecule has 1 amide bonds. The van der Waals surface area contributed by atoms with Gasteiger partial charge in [0.25, 0.3) is 0 Å². The molecule has 0 saturated carbocycles. The van der Waals surface area contributed by atoms with Gasteiger partial charge in [-0.15, -0.1) is 0 Å². The van der Waals surface area contributed by atoms with Gasteiger partial charge in [0.05, 0.1) is 11.3 Å². The summed E-state index contributed by atoms with van der Waals surface area (Å²) in [7, 11) is -4.01. The fourth-order valence-electron chi connectivity index (χ4n) is 4.46. The molecule has 0 bridgehead atoms. The van der Waals surface area contributed by atoms with Crippen molar-refractivity contribution in [2.24, 2.45) is 5.92 Å². The second-order valence-electron chi connectivity index (χ2n) is 9.72. The van der Waals surface area contributed by atoms with E-state index in [9.17, 15) is 23.1 Å². The Morgan fingerprint density at radius 2 is 1.77 bits per heavy atom. The maximum Gasteiger partial charge on any atom is 0.307 e. The van der Waals surface area contributed by atoms with Gasteiger partial charge in [-0.3, -0.25) is 9.59 Å². The lowest BCUT2D eigenvalue weighted by molar-refractivity contribution is -0.136. The fraction of sp³-hybridized carbons (Fsp3) is 0.267. The van der Waals surface area contributed by atoms with Gasteiger partial charge in [-0.25, -0.2) is 8.42 Å². The minimum absolute atomic E-state index is 0.0612. The van der Waals surface area contributed by atoms with Crippen LogP contribution in [0, 0.1) is 12.8 Å². The highest BCUT2D eigenvalue weighted by atomic mass is 35.5. The number of hydrogen-bond acceptors (Lipinski definition) is 5. The van der Waals surface area contributed by atoms with Crippen molar-refractivity contribution in [2.75, 3.05) is 6.54 Å². The molecule has 2 atom stereocenters. The number of ether oxygens (including phenoxy) is 1. The summed E-state index contributed by atoms with van der Waals surface area (Å²) in [5.41, 5.74) is 3.03. The summed E-state index contributed by atoms with van der Waals surface area (Å²) < 4.78 is 35.2. The molecular formula is C30H31ClN2O6S. The Morgan fingerprint density at radius 3 is 2.48 bits per heavy atom. The Morgan fingerprint density at radius 1 is 1.07 bits per heavy atom. The van der Waals surface area contributed by atoms with E-state index in [1.807, 2.05) is 31.2 Å². The number of nitrogens with one attached hydrogen (secondary N) is 2. The molecule has 3 aromatic carbocycles. The predicted octanol–water partition coefficient (Wildman–Crippen LogP) is 4.44. The van der Waals surface area contributed by atoms with Gasteiger partial charge in [-0.1, -0.05) is 65.7 Å². The Kier molecular flexibility index (Phi) is 9.63. The molecule has 4 rings (SSSR count). The molecule has 1 unspecified atom stereocenters. The summed E-state index contributed by atoms with van der Waals surface area (Å²) in [6.45, 7) is 2.49. The number of sulfonamides is 1. The first kappa shape index (κ1) is 29.3. The maximum absolute atomic E-state index is 13.3. The molecule has 8 nitrogen and oxygen atoms in total. The van der Waals surface area contributed by atoms with Gasteiger partial charge in [-0.05, 0) is 66.8 Å². The van der Waals surface area contributed by atoms with Gasteiger partial charge >= 0.3 is 5.97 Å². The van der Waals surface area contributed by atoms with Gasteiger partial charge in [-0.2, -0.15) is 4.72 Å². The number of hydrogen-bond donors (Lipinski definition) is 3. The van der Waals surface area contributed by atoms with Crippen LogP contribution in [0.5, 0.6) is 5.75 Å². The summed E-state index contributed by atoms with van der Waals surface area (Å²) >= 11 is 5.99. The minimum atomic E-state index is -4.01. The monoisotopic (exact) mass is 582 g/mol. The molecule has 0 spiro atoms. The third kappa shape index (κ3) is 7.94. The van der Waals surface area contributed by atoms with E-state index in [2.05, 4.69) is 10.0 Å². The first-order chi connectivity index (χ1) is 19.1. The number of carbonyl (C=O) groups excluding carboxylic acids is 1. The highest BCUT2D eigenvalue weighted by Gasteiger charge is 2.33. The summed E-state index contributed by atoms with van der Waals surface area (Å²) in [5.74, 6) is -1.47. The van der Waals surface area contributed by atoms with Crippen LogP contribution in [0.4, 0.5) is 0 Å². The predicted molar refractivity (Wildman–Crippen MR) is 153 cm³/mol. The molecule has 0 aliphatic carbocycles. The smallest absolute Gasteiger partial charge is 0.307 e. The molecule has 3 N–H and O–H groups in total. The van der Waals surface area contributed by atoms with E-state index >= 15 is 0 Å². The van der Waals surface area contributed by atoms with Gasteiger partial charge in [0.1, 0.15) is 18.4 Å². The lowest BCUT2D eigenvalue weighted by Gasteiger charge is -2.27. The van der Waals surface area contributed by atoms with Crippen molar-refractivity contribution in [1.82, 2.24) is 10.0 Å².